The van der Waals surface area contributed by atoms with Gasteiger partial charge in [0.05, 0.1) is 11.9 Å². The Hall–Kier alpha value is -1.66. The van der Waals surface area contributed by atoms with E-state index >= 15 is 0 Å². The summed E-state index contributed by atoms with van der Waals surface area (Å²) < 4.78 is 6.97. The summed E-state index contributed by atoms with van der Waals surface area (Å²) in [5.74, 6) is 0.118. The van der Waals surface area contributed by atoms with Gasteiger partial charge in [-0.05, 0) is 32.4 Å². The molecule has 118 valence electrons. The van der Waals surface area contributed by atoms with Gasteiger partial charge in [-0.3, -0.25) is 4.79 Å². The Morgan fingerprint density at radius 1 is 1.41 bits per heavy atom. The molecule has 0 bridgehead atoms. The first-order valence-corrected chi connectivity index (χ1v) is 8.05. The molecule has 0 amide bonds. The van der Waals surface area contributed by atoms with Crippen LogP contribution in [0, 0.1) is 13.8 Å². The van der Waals surface area contributed by atoms with E-state index in [2.05, 4.69) is 10.2 Å². The van der Waals surface area contributed by atoms with E-state index in [0.717, 1.165) is 21.8 Å². The number of carbonyl (C=O) groups is 1. The van der Waals surface area contributed by atoms with Crippen molar-refractivity contribution in [3.8, 4) is 0 Å². The third-order valence-electron chi connectivity index (χ3n) is 3.43. The molecule has 2 rings (SSSR count). The molecule has 6 heteroatoms. The van der Waals surface area contributed by atoms with Crippen LogP contribution in [0.2, 0.25) is 0 Å². The van der Waals surface area contributed by atoms with Crippen LogP contribution in [0.1, 0.15) is 28.4 Å². The number of hydrogen-bond acceptors (Lipinski definition) is 5. The minimum atomic E-state index is -0.217. The number of hydrogen-bond donors (Lipinski definition) is 0. The smallest absolute Gasteiger partial charge is 0.191 e. The van der Waals surface area contributed by atoms with Crippen molar-refractivity contribution in [2.75, 3.05) is 13.7 Å². The minimum absolute atomic E-state index is 0.118. The molecule has 2 aromatic rings. The van der Waals surface area contributed by atoms with Crippen molar-refractivity contribution in [2.24, 2.45) is 0 Å². The summed E-state index contributed by atoms with van der Waals surface area (Å²) in [6, 6.07) is 5.96. The van der Waals surface area contributed by atoms with Gasteiger partial charge < -0.3 is 9.30 Å². The predicted octanol–water partition coefficient (Wildman–Crippen LogP) is 2.90. The summed E-state index contributed by atoms with van der Waals surface area (Å²) in [4.78, 5) is 12.7. The molecule has 0 aliphatic rings. The molecule has 0 aliphatic carbocycles. The van der Waals surface area contributed by atoms with Crippen LogP contribution in [0.3, 0.4) is 0 Å². The number of thioether (sulfide) groups is 1. The van der Waals surface area contributed by atoms with Crippen LogP contribution < -0.4 is 0 Å². The summed E-state index contributed by atoms with van der Waals surface area (Å²) in [5, 5.41) is 8.53. The second-order valence-corrected chi connectivity index (χ2v) is 6.55. The molecule has 5 nitrogen and oxygen atoms in total. The number of aromatic nitrogens is 3. The van der Waals surface area contributed by atoms with Gasteiger partial charge in [0.1, 0.15) is 6.33 Å². The Morgan fingerprint density at radius 3 is 2.91 bits per heavy atom. The normalized spacial score (nSPS) is 12.4. The lowest BCUT2D eigenvalue weighted by atomic mass is 10.0. The standard InChI is InChI=1S/C16H21N3O2S/c1-11-5-6-12(2)14(9-11)15(20)13(3)22-16-18-17-10-19(16)7-8-21-4/h5-6,9-10,13H,7-8H2,1-4H3/t13-/m0/s1. The molecular formula is C16H21N3O2S. The SMILES string of the molecule is COCCn1cnnc1S[C@@H](C)C(=O)c1cc(C)ccc1C. The first-order chi connectivity index (χ1) is 10.5. The number of aryl methyl sites for hydroxylation is 2. The van der Waals surface area contributed by atoms with E-state index < -0.39 is 0 Å². The van der Waals surface area contributed by atoms with Gasteiger partial charge in [-0.2, -0.15) is 0 Å². The zero-order valence-corrected chi connectivity index (χ0v) is 14.2. The molecule has 22 heavy (non-hydrogen) atoms. The minimum Gasteiger partial charge on any atom is -0.383 e. The van der Waals surface area contributed by atoms with Crippen LogP contribution in [0.4, 0.5) is 0 Å². The number of nitrogens with zero attached hydrogens (tertiary/aromatic N) is 3. The van der Waals surface area contributed by atoms with Crippen molar-refractivity contribution in [3.63, 3.8) is 0 Å². The van der Waals surface area contributed by atoms with Crippen LogP contribution >= 0.6 is 11.8 Å². The van der Waals surface area contributed by atoms with E-state index in [1.165, 1.54) is 11.8 Å². The summed E-state index contributed by atoms with van der Waals surface area (Å²) in [6.45, 7) is 7.13. The number of rotatable bonds is 7. The first kappa shape index (κ1) is 16.7. The highest BCUT2D eigenvalue weighted by Gasteiger charge is 2.20. The van der Waals surface area contributed by atoms with Crippen molar-refractivity contribution >= 4 is 17.5 Å². The number of Topliss-reactive ketones (excluding diaryl/α,β-unsaturated/α-hetero) is 1. The van der Waals surface area contributed by atoms with Crippen molar-refractivity contribution in [2.45, 2.75) is 37.7 Å². The van der Waals surface area contributed by atoms with Crippen molar-refractivity contribution < 1.29 is 9.53 Å². The topological polar surface area (TPSA) is 57.0 Å². The van der Waals surface area contributed by atoms with E-state index in [9.17, 15) is 4.79 Å². The lowest BCUT2D eigenvalue weighted by molar-refractivity contribution is 0.0993. The fourth-order valence-electron chi connectivity index (χ4n) is 2.11. The number of ether oxygens (including phenoxy) is 1. The summed E-state index contributed by atoms with van der Waals surface area (Å²) in [7, 11) is 1.66. The van der Waals surface area contributed by atoms with E-state index in [0.29, 0.717) is 13.2 Å². The number of ketones is 1. The second kappa shape index (κ2) is 7.56. The van der Waals surface area contributed by atoms with Gasteiger partial charge in [-0.1, -0.05) is 29.5 Å². The molecule has 0 radical (unpaired) electrons. The lowest BCUT2D eigenvalue weighted by Crippen LogP contribution is -2.16. The quantitative estimate of drug-likeness (QED) is 0.580. The molecule has 0 saturated carbocycles. The molecule has 1 atom stereocenters. The maximum atomic E-state index is 12.7. The molecule has 0 aliphatic heterocycles. The Morgan fingerprint density at radius 2 is 2.18 bits per heavy atom. The lowest BCUT2D eigenvalue weighted by Gasteiger charge is -2.13. The zero-order valence-electron chi connectivity index (χ0n) is 13.4. The molecule has 0 saturated heterocycles. The van der Waals surface area contributed by atoms with Crippen LogP contribution in [-0.2, 0) is 11.3 Å². The maximum absolute atomic E-state index is 12.7. The highest BCUT2D eigenvalue weighted by atomic mass is 32.2. The third-order valence-corrected chi connectivity index (χ3v) is 4.52. The summed E-state index contributed by atoms with van der Waals surface area (Å²) >= 11 is 1.43. The average molecular weight is 319 g/mol. The molecular weight excluding hydrogens is 298 g/mol. The van der Waals surface area contributed by atoms with Gasteiger partial charge >= 0.3 is 0 Å². The summed E-state index contributed by atoms with van der Waals surface area (Å²) in [6.07, 6.45) is 1.66. The Labute approximate surface area is 135 Å². The second-order valence-electron chi connectivity index (χ2n) is 5.24. The predicted molar refractivity (Wildman–Crippen MR) is 87.5 cm³/mol. The highest BCUT2D eigenvalue weighted by molar-refractivity contribution is 8.00. The first-order valence-electron chi connectivity index (χ1n) is 7.17. The zero-order chi connectivity index (χ0) is 16.1. The fourth-order valence-corrected chi connectivity index (χ4v) is 3.03. The molecule has 1 heterocycles. The van der Waals surface area contributed by atoms with Crippen molar-refractivity contribution in [3.05, 3.63) is 41.2 Å². The van der Waals surface area contributed by atoms with E-state index in [1.807, 2.05) is 43.5 Å². The maximum Gasteiger partial charge on any atom is 0.191 e. The van der Waals surface area contributed by atoms with E-state index in [1.54, 1.807) is 13.4 Å². The van der Waals surface area contributed by atoms with E-state index in [-0.39, 0.29) is 11.0 Å². The fraction of sp³-hybridized carbons (Fsp3) is 0.438. The third kappa shape index (κ3) is 3.96. The molecule has 0 unspecified atom stereocenters. The van der Waals surface area contributed by atoms with Crippen LogP contribution in [0.15, 0.2) is 29.7 Å². The Balaban J connectivity index is 2.12. The largest absolute Gasteiger partial charge is 0.383 e. The molecule has 0 N–H and O–H groups in total. The Kier molecular flexibility index (Phi) is 5.74. The number of methoxy groups -OCH3 is 1. The number of carbonyl (C=O) groups excluding carboxylic acids is 1. The van der Waals surface area contributed by atoms with Crippen LogP contribution in [-0.4, -0.2) is 39.5 Å². The van der Waals surface area contributed by atoms with Gasteiger partial charge in [0.15, 0.2) is 10.9 Å². The molecule has 0 spiro atoms. The molecule has 1 aromatic heterocycles. The van der Waals surface area contributed by atoms with Gasteiger partial charge in [0.25, 0.3) is 0 Å². The van der Waals surface area contributed by atoms with E-state index in [4.69, 9.17) is 4.74 Å². The highest BCUT2D eigenvalue weighted by Crippen LogP contribution is 2.25. The monoisotopic (exact) mass is 319 g/mol. The van der Waals surface area contributed by atoms with Gasteiger partial charge in [-0.25, -0.2) is 0 Å². The molecule has 0 fully saturated rings. The molecule has 1 aromatic carbocycles. The van der Waals surface area contributed by atoms with Gasteiger partial charge in [0.2, 0.25) is 0 Å². The van der Waals surface area contributed by atoms with Crippen molar-refractivity contribution in [1.29, 1.82) is 0 Å². The average Bonchev–Trinajstić information content (AvgIpc) is 2.94. The van der Waals surface area contributed by atoms with Gasteiger partial charge in [-0.15, -0.1) is 10.2 Å². The number of benzene rings is 1. The Bertz CT molecular complexity index is 655. The summed E-state index contributed by atoms with van der Waals surface area (Å²) in [5.41, 5.74) is 2.88. The van der Waals surface area contributed by atoms with Gasteiger partial charge in [0, 0.05) is 19.2 Å². The van der Waals surface area contributed by atoms with Crippen LogP contribution in [0.5, 0.6) is 0 Å². The van der Waals surface area contributed by atoms with Crippen LogP contribution in [0.25, 0.3) is 0 Å². The van der Waals surface area contributed by atoms with Crippen molar-refractivity contribution in [1.82, 2.24) is 14.8 Å².